The summed E-state index contributed by atoms with van der Waals surface area (Å²) in [5.74, 6) is 0. The van der Waals surface area contributed by atoms with Crippen molar-refractivity contribution < 1.29 is 32.6 Å². The summed E-state index contributed by atoms with van der Waals surface area (Å²) in [5, 5.41) is 0. The van der Waals surface area contributed by atoms with Crippen molar-refractivity contribution in [2.45, 2.75) is 13.3 Å². The van der Waals surface area contributed by atoms with E-state index in [1.54, 1.807) is 6.92 Å². The molecule has 0 aliphatic carbocycles. The van der Waals surface area contributed by atoms with Crippen LogP contribution >= 0.6 is 15.6 Å². The topological polar surface area (TPSA) is 113 Å². The highest BCUT2D eigenvalue weighted by Crippen LogP contribution is 2.57. The summed E-state index contributed by atoms with van der Waals surface area (Å²) in [7, 11) is -9.69. The third-order valence-electron chi connectivity index (χ3n) is 0.993. The second kappa shape index (κ2) is 5.19. The maximum absolute atomic E-state index is 10.8. The molecule has 0 saturated heterocycles. The predicted molar refractivity (Wildman–Crippen MR) is 48.3 cm³/mol. The Morgan fingerprint density at radius 2 is 1.86 bits per heavy atom. The van der Waals surface area contributed by atoms with Gasteiger partial charge in [0.2, 0.25) is 0 Å². The molecule has 0 saturated carbocycles. The summed E-state index contributed by atoms with van der Waals surface area (Å²) in [6, 6.07) is 0. The number of phosphoric ester groups is 1. The van der Waals surface area contributed by atoms with E-state index in [1.807, 2.05) is 0 Å². The molecule has 14 heavy (non-hydrogen) atoms. The lowest BCUT2D eigenvalue weighted by Crippen LogP contribution is -1.96. The minimum Gasteiger partial charge on any atom is -0.302 e. The maximum atomic E-state index is 10.8. The van der Waals surface area contributed by atoms with E-state index >= 15 is 0 Å². The molecule has 84 valence electrons. The minimum absolute atomic E-state index is 0.191. The molecule has 0 aromatic rings. The fourth-order valence-corrected chi connectivity index (χ4v) is 2.08. The molecule has 0 aromatic carbocycles. The van der Waals surface area contributed by atoms with Gasteiger partial charge in [-0.05, 0) is 13.3 Å². The maximum Gasteiger partial charge on any atom is 0.481 e. The van der Waals surface area contributed by atoms with Crippen molar-refractivity contribution in [3.8, 4) is 0 Å². The second-order valence-electron chi connectivity index (χ2n) is 2.58. The average Bonchev–Trinajstić information content (AvgIpc) is 1.78. The number of hydrogen-bond donors (Lipinski definition) is 3. The number of hydrogen-bond acceptors (Lipinski definition) is 4. The lowest BCUT2D eigenvalue weighted by Gasteiger charge is -2.11. The first-order valence-electron chi connectivity index (χ1n) is 3.51. The quantitative estimate of drug-likeness (QED) is 0.366. The highest BCUT2D eigenvalue weighted by Gasteiger charge is 2.31. The first-order valence-corrected chi connectivity index (χ1v) is 6.53. The summed E-state index contributed by atoms with van der Waals surface area (Å²) in [6.07, 6.45) is 0.301. The van der Waals surface area contributed by atoms with E-state index in [0.717, 1.165) is 0 Å². The van der Waals surface area contributed by atoms with Crippen LogP contribution in [0.25, 0.3) is 0 Å². The monoisotopic (exact) mass is 247 g/mol. The molecule has 1 atom stereocenters. The molecule has 7 nitrogen and oxygen atoms in total. The fourth-order valence-electron chi connectivity index (χ4n) is 0.493. The van der Waals surface area contributed by atoms with Crippen LogP contribution in [0.5, 0.6) is 0 Å². The van der Waals surface area contributed by atoms with Crippen molar-refractivity contribution in [2.24, 2.45) is 0 Å². The van der Waals surface area contributed by atoms with E-state index in [4.69, 9.17) is 14.7 Å². The third-order valence-corrected chi connectivity index (χ3v) is 3.18. The van der Waals surface area contributed by atoms with E-state index in [1.165, 1.54) is 0 Å². The van der Waals surface area contributed by atoms with Gasteiger partial charge in [-0.15, -0.1) is 6.58 Å². The van der Waals surface area contributed by atoms with Crippen molar-refractivity contribution >= 4 is 15.6 Å². The molecule has 0 aliphatic rings. The zero-order valence-corrected chi connectivity index (χ0v) is 9.28. The molecular weight excluding hydrogens is 235 g/mol. The largest absolute Gasteiger partial charge is 0.481 e. The minimum atomic E-state index is -5.01. The van der Waals surface area contributed by atoms with Crippen molar-refractivity contribution in [3.05, 3.63) is 12.2 Å². The smallest absolute Gasteiger partial charge is 0.302 e. The van der Waals surface area contributed by atoms with E-state index in [9.17, 15) is 9.13 Å². The van der Waals surface area contributed by atoms with Crippen LogP contribution in [0.4, 0.5) is 0 Å². The van der Waals surface area contributed by atoms with Gasteiger partial charge < -0.3 is 14.7 Å². The van der Waals surface area contributed by atoms with Crippen LogP contribution in [0.1, 0.15) is 13.3 Å². The molecule has 0 aromatic heterocycles. The van der Waals surface area contributed by atoms with Gasteiger partial charge in [0.05, 0.1) is 6.61 Å². The summed E-state index contributed by atoms with van der Waals surface area (Å²) < 4.78 is 28.8. The van der Waals surface area contributed by atoms with Gasteiger partial charge >= 0.3 is 15.6 Å². The highest BCUT2D eigenvalue weighted by molar-refractivity contribution is 7.60. The van der Waals surface area contributed by atoms with Crippen LogP contribution in [0, 0.1) is 0 Å². The molecule has 0 rings (SSSR count). The summed E-state index contributed by atoms with van der Waals surface area (Å²) >= 11 is 0. The van der Waals surface area contributed by atoms with Crippen LogP contribution in [0.15, 0.2) is 12.2 Å². The standard InChI is InChI=1S/C5H12O7P2/c1-5(2)3-4-11-14(9,10)12-13(6,7)8/h1,3-4H2,2H3,(H,9,10)(H2,6,7,8)/i1+1. The Bertz CT molecular complexity index is 292. The highest BCUT2D eigenvalue weighted by atomic mass is 31.3. The summed E-state index contributed by atoms with van der Waals surface area (Å²) in [4.78, 5) is 25.2. The van der Waals surface area contributed by atoms with Crippen LogP contribution < -0.4 is 0 Å². The van der Waals surface area contributed by atoms with Gasteiger partial charge in [-0.1, -0.05) is 5.57 Å². The lowest BCUT2D eigenvalue weighted by atomic mass is 10.3. The van der Waals surface area contributed by atoms with Gasteiger partial charge in [-0.25, -0.2) is 9.13 Å². The SMILES string of the molecule is CC(=[13CH2])CCOP(=O)(O)OP(=O)(O)O. The van der Waals surface area contributed by atoms with Crippen LogP contribution in [0.3, 0.4) is 0 Å². The van der Waals surface area contributed by atoms with Crippen molar-refractivity contribution in [2.75, 3.05) is 6.61 Å². The fraction of sp³-hybridized carbons (Fsp3) is 0.600. The van der Waals surface area contributed by atoms with Gasteiger partial charge in [0.15, 0.2) is 0 Å². The van der Waals surface area contributed by atoms with Crippen molar-refractivity contribution in [1.29, 1.82) is 0 Å². The van der Waals surface area contributed by atoms with E-state index in [-0.39, 0.29) is 6.61 Å². The Labute approximate surface area is 81.2 Å². The Morgan fingerprint density at radius 1 is 1.36 bits per heavy atom. The van der Waals surface area contributed by atoms with E-state index in [0.29, 0.717) is 12.0 Å². The molecule has 0 bridgehead atoms. The normalized spacial score (nSPS) is 16.3. The molecule has 3 N–H and O–H groups in total. The second-order valence-corrected chi connectivity index (χ2v) is 5.41. The van der Waals surface area contributed by atoms with Crippen LogP contribution in [0.2, 0.25) is 0 Å². The van der Waals surface area contributed by atoms with Crippen molar-refractivity contribution in [1.82, 2.24) is 0 Å². The van der Waals surface area contributed by atoms with Gasteiger partial charge in [0, 0.05) is 0 Å². The molecule has 0 radical (unpaired) electrons. The molecule has 0 fully saturated rings. The first kappa shape index (κ1) is 14.0. The molecule has 1 unspecified atom stereocenters. The Balaban J connectivity index is 4.03. The summed E-state index contributed by atoms with van der Waals surface area (Å²) in [6.45, 7) is 4.99. The molecule has 0 heterocycles. The Morgan fingerprint density at radius 3 is 2.21 bits per heavy atom. The van der Waals surface area contributed by atoms with E-state index < -0.39 is 15.6 Å². The van der Waals surface area contributed by atoms with Gasteiger partial charge in [-0.3, -0.25) is 4.52 Å². The zero-order valence-electron chi connectivity index (χ0n) is 7.49. The van der Waals surface area contributed by atoms with Crippen LogP contribution in [-0.4, -0.2) is 21.3 Å². The van der Waals surface area contributed by atoms with Gasteiger partial charge in [0.1, 0.15) is 0 Å². The average molecular weight is 247 g/mol. The number of rotatable bonds is 6. The van der Waals surface area contributed by atoms with Gasteiger partial charge in [-0.2, -0.15) is 4.31 Å². The van der Waals surface area contributed by atoms with Crippen molar-refractivity contribution in [3.63, 3.8) is 0 Å². The zero-order chi connectivity index (χ0) is 11.4. The number of phosphoric acid groups is 2. The third kappa shape index (κ3) is 8.59. The van der Waals surface area contributed by atoms with Crippen LogP contribution in [-0.2, 0) is 18.0 Å². The molecule has 0 aliphatic heterocycles. The Hall–Kier alpha value is -0.0000000000000000416. The van der Waals surface area contributed by atoms with E-state index in [2.05, 4.69) is 15.4 Å². The molecular formula is C5H12O7P2. The molecule has 9 heteroatoms. The predicted octanol–water partition coefficient (Wildman–Crippen LogP) is 1.18. The lowest BCUT2D eigenvalue weighted by molar-refractivity contribution is 0.180. The Kier molecular flexibility index (Phi) is 5.19. The van der Waals surface area contributed by atoms with Gasteiger partial charge in [0.25, 0.3) is 0 Å². The molecule has 0 amide bonds. The summed E-state index contributed by atoms with van der Waals surface area (Å²) in [5.41, 5.74) is 0.709. The molecule has 0 spiro atoms. The first-order chi connectivity index (χ1) is 6.12.